The van der Waals surface area contributed by atoms with Crippen LogP contribution >= 0.6 is 7.60 Å². The summed E-state index contributed by atoms with van der Waals surface area (Å²) in [5, 5.41) is 0. The van der Waals surface area contributed by atoms with Gasteiger partial charge in [0.2, 0.25) is 0 Å². The highest BCUT2D eigenvalue weighted by molar-refractivity contribution is 7.51. The van der Waals surface area contributed by atoms with Gasteiger partial charge in [-0.15, -0.1) is 0 Å². The average Bonchev–Trinajstić information content (AvgIpc) is 3.47. The van der Waals surface area contributed by atoms with Gasteiger partial charge in [0, 0.05) is 49.4 Å². The Bertz CT molecular complexity index is 1260. The molecular weight excluding hydrogens is 465 g/mol. The fraction of sp³-hybridized carbons (Fsp3) is 0.346. The number of furan rings is 1. The number of carbonyl (C=O) groups is 1. The first-order chi connectivity index (χ1) is 16.8. The SMILES string of the molecule is NCc1ccc2c(c1)C1(CCN(C(=O)c3ccc(-c4ccccc4)o3)CC1)CN2CCP(=O)(O)O. The summed E-state index contributed by atoms with van der Waals surface area (Å²) in [6.07, 6.45) is 1.34. The van der Waals surface area contributed by atoms with Crippen LogP contribution in [0.25, 0.3) is 11.3 Å². The van der Waals surface area contributed by atoms with Crippen LogP contribution in [0.4, 0.5) is 5.69 Å². The van der Waals surface area contributed by atoms with Crippen molar-refractivity contribution in [3.05, 3.63) is 77.6 Å². The van der Waals surface area contributed by atoms with E-state index in [1.807, 2.05) is 53.4 Å². The molecule has 2 aromatic carbocycles. The third-order valence-electron chi connectivity index (χ3n) is 7.25. The summed E-state index contributed by atoms with van der Waals surface area (Å²) in [6.45, 7) is 2.56. The zero-order chi connectivity index (χ0) is 24.6. The Kier molecular flexibility index (Phi) is 6.32. The molecule has 5 rings (SSSR count). The Morgan fingerprint density at radius 3 is 2.49 bits per heavy atom. The van der Waals surface area contributed by atoms with E-state index < -0.39 is 7.60 Å². The number of anilines is 1. The number of carbonyl (C=O) groups excluding carboxylic acids is 1. The van der Waals surface area contributed by atoms with Crippen LogP contribution in [-0.4, -0.2) is 52.9 Å². The molecular formula is C26H30N3O5P. The topological polar surface area (TPSA) is 120 Å². The number of nitrogens with zero attached hydrogens (tertiary/aromatic N) is 2. The molecule has 2 aliphatic heterocycles. The number of rotatable bonds is 6. The molecule has 0 atom stereocenters. The number of likely N-dealkylation sites (tertiary alicyclic amines) is 1. The van der Waals surface area contributed by atoms with E-state index >= 15 is 0 Å². The first-order valence-corrected chi connectivity index (χ1v) is 13.7. The van der Waals surface area contributed by atoms with E-state index in [4.69, 9.17) is 10.2 Å². The van der Waals surface area contributed by atoms with Gasteiger partial charge in [-0.3, -0.25) is 9.36 Å². The van der Waals surface area contributed by atoms with Crippen molar-refractivity contribution in [2.75, 3.05) is 37.2 Å². The maximum atomic E-state index is 13.2. The van der Waals surface area contributed by atoms with Crippen molar-refractivity contribution in [3.8, 4) is 11.3 Å². The minimum Gasteiger partial charge on any atom is -0.451 e. The normalized spacial score (nSPS) is 17.1. The molecule has 0 aliphatic carbocycles. The first kappa shape index (κ1) is 23.8. The lowest BCUT2D eigenvalue weighted by molar-refractivity contribution is 0.0643. The minimum absolute atomic E-state index is 0.116. The molecule has 9 heteroatoms. The van der Waals surface area contributed by atoms with Crippen LogP contribution in [0.5, 0.6) is 0 Å². The minimum atomic E-state index is -4.10. The number of amides is 1. The number of hydrogen-bond acceptors (Lipinski definition) is 5. The van der Waals surface area contributed by atoms with Crippen LogP contribution in [0.15, 0.2) is 65.1 Å². The van der Waals surface area contributed by atoms with E-state index in [1.54, 1.807) is 6.07 Å². The van der Waals surface area contributed by atoms with E-state index in [0.29, 0.717) is 37.7 Å². The molecule has 3 heterocycles. The van der Waals surface area contributed by atoms with Crippen molar-refractivity contribution in [3.63, 3.8) is 0 Å². The van der Waals surface area contributed by atoms with E-state index in [2.05, 4.69) is 11.0 Å². The van der Waals surface area contributed by atoms with Gasteiger partial charge < -0.3 is 29.7 Å². The van der Waals surface area contributed by atoms with Crippen molar-refractivity contribution in [1.29, 1.82) is 0 Å². The lowest BCUT2D eigenvalue weighted by Crippen LogP contribution is -2.47. The summed E-state index contributed by atoms with van der Waals surface area (Å²) in [5.74, 6) is 0.886. The molecule has 0 unspecified atom stereocenters. The van der Waals surface area contributed by atoms with Gasteiger partial charge in [0.15, 0.2) is 5.76 Å². The molecule has 35 heavy (non-hydrogen) atoms. The molecule has 0 saturated carbocycles. The van der Waals surface area contributed by atoms with E-state index in [0.717, 1.165) is 29.7 Å². The standard InChI is InChI=1S/C26H30N3O5P/c27-17-19-6-7-22-21(16-19)26(18-29(22)14-15-35(31,32)33)10-12-28(13-11-26)25(30)24-9-8-23(34-24)20-4-2-1-3-5-20/h1-9,16H,10-15,17-18,27H2,(H2,31,32,33). The van der Waals surface area contributed by atoms with Crippen molar-refractivity contribution < 1.29 is 23.6 Å². The number of benzene rings is 2. The van der Waals surface area contributed by atoms with Crippen molar-refractivity contribution in [2.45, 2.75) is 24.8 Å². The largest absolute Gasteiger partial charge is 0.451 e. The molecule has 1 saturated heterocycles. The third-order valence-corrected chi connectivity index (χ3v) is 8.03. The predicted octanol–water partition coefficient (Wildman–Crippen LogP) is 3.58. The van der Waals surface area contributed by atoms with Gasteiger partial charge in [-0.25, -0.2) is 0 Å². The Labute approximate surface area is 204 Å². The second-order valence-corrected chi connectivity index (χ2v) is 11.2. The van der Waals surface area contributed by atoms with Crippen molar-refractivity contribution in [1.82, 2.24) is 4.90 Å². The summed E-state index contributed by atoms with van der Waals surface area (Å²) in [7, 11) is -4.10. The van der Waals surface area contributed by atoms with Gasteiger partial charge in [0.1, 0.15) is 5.76 Å². The van der Waals surface area contributed by atoms with Crippen LogP contribution in [0.2, 0.25) is 0 Å². The maximum Gasteiger partial charge on any atom is 0.327 e. The van der Waals surface area contributed by atoms with Gasteiger partial charge in [-0.1, -0.05) is 42.5 Å². The van der Waals surface area contributed by atoms with Gasteiger partial charge in [-0.2, -0.15) is 0 Å². The van der Waals surface area contributed by atoms with Gasteiger partial charge >= 0.3 is 7.60 Å². The van der Waals surface area contributed by atoms with Gasteiger partial charge in [-0.05, 0) is 42.2 Å². The first-order valence-electron chi connectivity index (χ1n) is 11.9. The van der Waals surface area contributed by atoms with E-state index in [1.165, 1.54) is 5.56 Å². The summed E-state index contributed by atoms with van der Waals surface area (Å²) in [6, 6.07) is 19.4. The molecule has 0 bridgehead atoms. The molecule has 1 aromatic heterocycles. The summed E-state index contributed by atoms with van der Waals surface area (Å²) in [4.78, 5) is 35.9. The number of fused-ring (bicyclic) bond motifs is 2. The molecule has 8 nitrogen and oxygen atoms in total. The third kappa shape index (κ3) is 4.80. The van der Waals surface area contributed by atoms with E-state index in [9.17, 15) is 19.1 Å². The average molecular weight is 496 g/mol. The Balaban J connectivity index is 1.32. The zero-order valence-corrected chi connectivity index (χ0v) is 20.4. The Morgan fingerprint density at radius 2 is 1.80 bits per heavy atom. The lowest BCUT2D eigenvalue weighted by atomic mass is 9.74. The highest BCUT2D eigenvalue weighted by atomic mass is 31.2. The fourth-order valence-electron chi connectivity index (χ4n) is 5.33. The second-order valence-electron chi connectivity index (χ2n) is 9.47. The predicted molar refractivity (Wildman–Crippen MR) is 134 cm³/mol. The van der Waals surface area contributed by atoms with Crippen LogP contribution in [-0.2, 0) is 16.5 Å². The summed E-state index contributed by atoms with van der Waals surface area (Å²) >= 11 is 0. The zero-order valence-electron chi connectivity index (χ0n) is 19.5. The summed E-state index contributed by atoms with van der Waals surface area (Å²) in [5.41, 5.74) is 9.86. The lowest BCUT2D eigenvalue weighted by Gasteiger charge is -2.40. The number of nitrogens with two attached hydrogens (primary N) is 1. The number of piperidine rings is 1. The quantitative estimate of drug-likeness (QED) is 0.447. The van der Waals surface area contributed by atoms with Crippen molar-refractivity contribution in [2.24, 2.45) is 5.73 Å². The number of hydrogen-bond donors (Lipinski definition) is 3. The van der Waals surface area contributed by atoms with Crippen LogP contribution in [0.3, 0.4) is 0 Å². The second kappa shape index (κ2) is 9.28. The monoisotopic (exact) mass is 495 g/mol. The molecule has 4 N–H and O–H groups in total. The van der Waals surface area contributed by atoms with Crippen LogP contribution in [0, 0.1) is 0 Å². The molecule has 0 radical (unpaired) electrons. The molecule has 184 valence electrons. The maximum absolute atomic E-state index is 13.2. The fourth-order valence-corrected chi connectivity index (χ4v) is 5.83. The van der Waals surface area contributed by atoms with E-state index in [-0.39, 0.29) is 24.0 Å². The molecule has 1 amide bonds. The highest BCUT2D eigenvalue weighted by Crippen LogP contribution is 2.48. The molecule has 1 fully saturated rings. The Hall–Kier alpha value is -2.90. The molecule has 2 aliphatic rings. The summed E-state index contributed by atoms with van der Waals surface area (Å²) < 4.78 is 17.4. The Morgan fingerprint density at radius 1 is 1.06 bits per heavy atom. The molecule has 3 aromatic rings. The highest BCUT2D eigenvalue weighted by Gasteiger charge is 2.45. The molecule has 1 spiro atoms. The van der Waals surface area contributed by atoms with Gasteiger partial charge in [0.25, 0.3) is 5.91 Å². The van der Waals surface area contributed by atoms with Crippen LogP contribution < -0.4 is 10.6 Å². The van der Waals surface area contributed by atoms with Crippen molar-refractivity contribution >= 4 is 19.2 Å². The smallest absolute Gasteiger partial charge is 0.327 e. The van der Waals surface area contributed by atoms with Gasteiger partial charge in [0.05, 0.1) is 6.16 Å². The van der Waals surface area contributed by atoms with Crippen LogP contribution in [0.1, 0.15) is 34.5 Å².